The van der Waals surface area contributed by atoms with Crippen LogP contribution in [0.25, 0.3) is 0 Å². The number of benzene rings is 1. The zero-order valence-corrected chi connectivity index (χ0v) is 6.77. The number of aliphatic hydroxyl groups is 1. The molecule has 1 heterocycles. The quantitative estimate of drug-likeness (QED) is 0.542. The van der Waals surface area contributed by atoms with Gasteiger partial charge in [0, 0.05) is 6.42 Å². The summed E-state index contributed by atoms with van der Waals surface area (Å²) in [5.41, 5.74) is 2.15. The molecule has 3 heteroatoms. The lowest BCUT2D eigenvalue weighted by Gasteiger charge is -2.29. The number of hydrazine groups is 1. The Morgan fingerprint density at radius 3 is 3.00 bits per heavy atom. The Kier molecular flexibility index (Phi) is 1.75. The summed E-state index contributed by atoms with van der Waals surface area (Å²) in [7, 11) is 0. The number of aliphatic hydroxyl groups excluding tert-OH is 1. The molecule has 1 atom stereocenters. The lowest BCUT2D eigenvalue weighted by molar-refractivity contribution is 0.175. The first kappa shape index (κ1) is 7.58. The molecular formula is C9H12N2O. The maximum atomic E-state index is 9.40. The van der Waals surface area contributed by atoms with Crippen molar-refractivity contribution in [1.82, 2.24) is 0 Å². The Morgan fingerprint density at radius 2 is 2.17 bits per heavy atom. The molecule has 2 rings (SSSR count). The molecule has 1 aromatic rings. The summed E-state index contributed by atoms with van der Waals surface area (Å²) in [4.78, 5) is 0. The molecule has 1 aliphatic rings. The topological polar surface area (TPSA) is 49.5 Å². The van der Waals surface area contributed by atoms with Crippen LogP contribution in [-0.4, -0.2) is 17.8 Å². The normalized spacial score (nSPS) is 22.2. The van der Waals surface area contributed by atoms with E-state index >= 15 is 0 Å². The molecule has 1 unspecified atom stereocenters. The molecule has 3 nitrogen and oxygen atoms in total. The maximum Gasteiger partial charge on any atom is 0.0771 e. The van der Waals surface area contributed by atoms with Gasteiger partial charge in [-0.25, -0.2) is 5.84 Å². The van der Waals surface area contributed by atoms with Gasteiger partial charge in [0.15, 0.2) is 0 Å². The van der Waals surface area contributed by atoms with E-state index in [0.717, 1.165) is 11.3 Å². The summed E-state index contributed by atoms with van der Waals surface area (Å²) < 4.78 is 0. The number of nitrogens with two attached hydrogens (primary N) is 1. The predicted molar refractivity (Wildman–Crippen MR) is 47.7 cm³/mol. The Labute approximate surface area is 71.4 Å². The van der Waals surface area contributed by atoms with Gasteiger partial charge in [-0.15, -0.1) is 0 Å². The molecule has 0 spiro atoms. The first-order chi connectivity index (χ1) is 5.77. The van der Waals surface area contributed by atoms with Crippen molar-refractivity contribution in [3.8, 4) is 0 Å². The molecule has 0 fully saturated rings. The molecule has 0 saturated heterocycles. The van der Waals surface area contributed by atoms with Crippen molar-refractivity contribution in [1.29, 1.82) is 0 Å². The van der Waals surface area contributed by atoms with Crippen LogP contribution in [0.4, 0.5) is 5.69 Å². The molecular weight excluding hydrogens is 152 g/mol. The van der Waals surface area contributed by atoms with E-state index in [-0.39, 0.29) is 6.10 Å². The van der Waals surface area contributed by atoms with Crippen LogP contribution in [0.15, 0.2) is 24.3 Å². The minimum Gasteiger partial charge on any atom is -0.391 e. The molecule has 0 saturated carbocycles. The molecule has 0 aliphatic carbocycles. The van der Waals surface area contributed by atoms with Crippen molar-refractivity contribution in [2.45, 2.75) is 12.5 Å². The minimum atomic E-state index is -0.329. The molecule has 0 radical (unpaired) electrons. The number of nitrogens with zero attached hydrogens (tertiary/aromatic N) is 1. The van der Waals surface area contributed by atoms with Crippen molar-refractivity contribution in [2.75, 3.05) is 11.6 Å². The minimum absolute atomic E-state index is 0.329. The molecule has 0 bridgehead atoms. The lowest BCUT2D eigenvalue weighted by atomic mass is 10.0. The van der Waals surface area contributed by atoms with Crippen molar-refractivity contribution < 1.29 is 5.11 Å². The average molecular weight is 164 g/mol. The maximum absolute atomic E-state index is 9.40. The van der Waals surface area contributed by atoms with Gasteiger partial charge in [-0.1, -0.05) is 18.2 Å². The zero-order valence-electron chi connectivity index (χ0n) is 6.77. The van der Waals surface area contributed by atoms with Crippen LogP contribution in [0.2, 0.25) is 0 Å². The van der Waals surface area contributed by atoms with E-state index in [1.165, 1.54) is 0 Å². The van der Waals surface area contributed by atoms with Gasteiger partial charge in [0.05, 0.1) is 18.3 Å². The van der Waals surface area contributed by atoms with Gasteiger partial charge in [-0.05, 0) is 11.6 Å². The fourth-order valence-corrected chi connectivity index (χ4v) is 1.61. The van der Waals surface area contributed by atoms with E-state index in [9.17, 15) is 5.11 Å². The number of para-hydroxylation sites is 1. The first-order valence-electron chi connectivity index (χ1n) is 4.05. The lowest BCUT2D eigenvalue weighted by Crippen LogP contribution is -2.42. The summed E-state index contributed by atoms with van der Waals surface area (Å²) >= 11 is 0. The second-order valence-corrected chi connectivity index (χ2v) is 3.14. The molecule has 0 amide bonds. The molecule has 0 aromatic heterocycles. The number of β-amino-alcohol motifs (C(OH)–C–C–N with tert-alkyl or cyclic N) is 1. The Balaban J connectivity index is 2.40. The van der Waals surface area contributed by atoms with E-state index in [0.29, 0.717) is 13.0 Å². The number of anilines is 1. The fourth-order valence-electron chi connectivity index (χ4n) is 1.61. The largest absolute Gasteiger partial charge is 0.391 e. The van der Waals surface area contributed by atoms with Crippen LogP contribution in [0.5, 0.6) is 0 Å². The highest BCUT2D eigenvalue weighted by atomic mass is 16.3. The van der Waals surface area contributed by atoms with Gasteiger partial charge in [0.1, 0.15) is 0 Å². The van der Waals surface area contributed by atoms with Crippen molar-refractivity contribution in [2.24, 2.45) is 5.84 Å². The summed E-state index contributed by atoms with van der Waals surface area (Å²) in [6, 6.07) is 7.89. The number of fused-ring (bicyclic) bond motifs is 1. The summed E-state index contributed by atoms with van der Waals surface area (Å²) in [5.74, 6) is 5.71. The van der Waals surface area contributed by atoms with Crippen LogP contribution in [0.1, 0.15) is 5.56 Å². The van der Waals surface area contributed by atoms with Gasteiger partial charge in [-0.2, -0.15) is 0 Å². The van der Waals surface area contributed by atoms with E-state index in [1.54, 1.807) is 5.01 Å². The second kappa shape index (κ2) is 2.77. The molecule has 12 heavy (non-hydrogen) atoms. The van der Waals surface area contributed by atoms with Crippen LogP contribution in [-0.2, 0) is 6.42 Å². The van der Waals surface area contributed by atoms with Crippen molar-refractivity contribution in [3.63, 3.8) is 0 Å². The predicted octanol–water partition coefficient (Wildman–Crippen LogP) is 0.284. The highest BCUT2D eigenvalue weighted by Gasteiger charge is 2.19. The molecule has 3 N–H and O–H groups in total. The zero-order chi connectivity index (χ0) is 8.55. The third-order valence-electron chi connectivity index (χ3n) is 2.16. The summed E-state index contributed by atoms with van der Waals surface area (Å²) in [5, 5.41) is 11.0. The third-order valence-corrected chi connectivity index (χ3v) is 2.16. The smallest absolute Gasteiger partial charge is 0.0771 e. The number of hydrogen-bond acceptors (Lipinski definition) is 3. The Bertz CT molecular complexity index is 288. The van der Waals surface area contributed by atoms with Crippen molar-refractivity contribution in [3.05, 3.63) is 29.8 Å². The molecule has 1 aromatic carbocycles. The van der Waals surface area contributed by atoms with Gasteiger partial charge >= 0.3 is 0 Å². The van der Waals surface area contributed by atoms with E-state index in [1.807, 2.05) is 24.3 Å². The average Bonchev–Trinajstić information content (AvgIpc) is 2.04. The highest BCUT2D eigenvalue weighted by Crippen LogP contribution is 2.23. The number of rotatable bonds is 0. The van der Waals surface area contributed by atoms with Crippen molar-refractivity contribution >= 4 is 5.69 Å². The van der Waals surface area contributed by atoms with Gasteiger partial charge in [0.2, 0.25) is 0 Å². The Morgan fingerprint density at radius 1 is 1.42 bits per heavy atom. The molecule has 64 valence electrons. The van der Waals surface area contributed by atoms with E-state index in [2.05, 4.69) is 0 Å². The van der Waals surface area contributed by atoms with Crippen LogP contribution in [0.3, 0.4) is 0 Å². The molecule has 1 aliphatic heterocycles. The number of hydrogen-bond donors (Lipinski definition) is 2. The first-order valence-corrected chi connectivity index (χ1v) is 4.05. The van der Waals surface area contributed by atoms with Gasteiger partial charge in [-0.3, -0.25) is 0 Å². The second-order valence-electron chi connectivity index (χ2n) is 3.14. The summed E-state index contributed by atoms with van der Waals surface area (Å²) in [6.45, 7) is 0.525. The SMILES string of the molecule is NN1CC(O)Cc2ccccc21. The standard InChI is InChI=1S/C9H12N2O/c10-11-6-8(12)5-7-3-1-2-4-9(7)11/h1-4,8,12H,5-6,10H2. The third kappa shape index (κ3) is 1.17. The summed E-state index contributed by atoms with van der Waals surface area (Å²) in [6.07, 6.45) is 0.383. The Hall–Kier alpha value is -1.06. The van der Waals surface area contributed by atoms with E-state index in [4.69, 9.17) is 5.84 Å². The highest BCUT2D eigenvalue weighted by molar-refractivity contribution is 5.54. The van der Waals surface area contributed by atoms with Crippen LogP contribution < -0.4 is 10.9 Å². The van der Waals surface area contributed by atoms with Gasteiger partial charge < -0.3 is 10.1 Å². The van der Waals surface area contributed by atoms with Gasteiger partial charge in [0.25, 0.3) is 0 Å². The fraction of sp³-hybridized carbons (Fsp3) is 0.333. The van der Waals surface area contributed by atoms with Crippen LogP contribution >= 0.6 is 0 Å². The monoisotopic (exact) mass is 164 g/mol. The van der Waals surface area contributed by atoms with Crippen LogP contribution in [0, 0.1) is 0 Å². The van der Waals surface area contributed by atoms with E-state index < -0.39 is 0 Å².